The van der Waals surface area contributed by atoms with E-state index in [0.717, 1.165) is 0 Å². The molecule has 0 spiro atoms. The molecular weight excluding hydrogens is 459 g/mol. The van der Waals surface area contributed by atoms with Crippen LogP contribution in [0.4, 0.5) is 5.82 Å². The maximum atomic E-state index is 13.0. The van der Waals surface area contributed by atoms with E-state index in [1.54, 1.807) is 29.7 Å². The standard InChI is InChI=1S/C21H22Cl2N4O3S/c1-3-30-10-6-9-27-20(29)14-7-4-5-8-17(14)25-21(27)31-12-18(28)26-19-16(23)11-15(22)13(2)24-19/h4-5,7-8,11H,3,6,9-10,12H2,1-2H3,(H,24,26,28). The molecule has 3 rings (SSSR count). The Kier molecular flexibility index (Phi) is 8.31. The number of nitrogens with one attached hydrogen (secondary N) is 1. The highest BCUT2D eigenvalue weighted by atomic mass is 35.5. The first-order valence-electron chi connectivity index (χ1n) is 9.73. The lowest BCUT2D eigenvalue weighted by atomic mass is 10.2. The summed E-state index contributed by atoms with van der Waals surface area (Å²) < 4.78 is 6.97. The van der Waals surface area contributed by atoms with E-state index < -0.39 is 0 Å². The molecule has 0 unspecified atom stereocenters. The number of carbonyl (C=O) groups excluding carboxylic acids is 1. The first-order chi connectivity index (χ1) is 14.9. The van der Waals surface area contributed by atoms with Gasteiger partial charge in [-0.2, -0.15) is 0 Å². The summed E-state index contributed by atoms with van der Waals surface area (Å²) in [5.41, 5.74) is 1.02. The third-order valence-electron chi connectivity index (χ3n) is 4.40. The number of amides is 1. The summed E-state index contributed by atoms with van der Waals surface area (Å²) in [7, 11) is 0. The molecule has 164 valence electrons. The third-order valence-corrected chi connectivity index (χ3v) is 6.04. The van der Waals surface area contributed by atoms with Gasteiger partial charge in [0, 0.05) is 19.8 Å². The molecule has 2 aromatic heterocycles. The number of ether oxygens (including phenoxy) is 1. The van der Waals surface area contributed by atoms with Gasteiger partial charge in [-0.15, -0.1) is 0 Å². The lowest BCUT2D eigenvalue weighted by Crippen LogP contribution is -2.25. The van der Waals surface area contributed by atoms with Crippen molar-refractivity contribution in [1.29, 1.82) is 0 Å². The minimum Gasteiger partial charge on any atom is -0.382 e. The Morgan fingerprint density at radius 1 is 1.23 bits per heavy atom. The summed E-state index contributed by atoms with van der Waals surface area (Å²) >= 11 is 13.3. The number of halogens is 2. The SMILES string of the molecule is CCOCCCn1c(SCC(=O)Nc2nc(C)c(Cl)cc2Cl)nc2ccccc2c1=O. The number of thioether (sulfide) groups is 1. The Bertz CT molecular complexity index is 1150. The number of hydrogen-bond donors (Lipinski definition) is 1. The monoisotopic (exact) mass is 480 g/mol. The highest BCUT2D eigenvalue weighted by molar-refractivity contribution is 7.99. The quantitative estimate of drug-likeness (QED) is 0.274. The molecule has 0 radical (unpaired) electrons. The van der Waals surface area contributed by atoms with E-state index in [4.69, 9.17) is 27.9 Å². The van der Waals surface area contributed by atoms with E-state index >= 15 is 0 Å². The molecule has 0 aliphatic rings. The van der Waals surface area contributed by atoms with Crippen LogP contribution in [0, 0.1) is 6.92 Å². The van der Waals surface area contributed by atoms with Crippen molar-refractivity contribution in [3.05, 3.63) is 56.4 Å². The minimum atomic E-state index is -0.315. The Balaban J connectivity index is 1.78. The molecule has 0 aliphatic carbocycles. The Morgan fingerprint density at radius 2 is 2.00 bits per heavy atom. The van der Waals surface area contributed by atoms with Gasteiger partial charge in [0.15, 0.2) is 11.0 Å². The summed E-state index contributed by atoms with van der Waals surface area (Å²) in [4.78, 5) is 34.3. The van der Waals surface area contributed by atoms with Crippen molar-refractivity contribution in [3.8, 4) is 0 Å². The van der Waals surface area contributed by atoms with Crippen LogP contribution in [0.3, 0.4) is 0 Å². The molecule has 0 atom stereocenters. The average molecular weight is 481 g/mol. The molecule has 1 aromatic carbocycles. The fourth-order valence-electron chi connectivity index (χ4n) is 2.87. The van der Waals surface area contributed by atoms with Gasteiger partial charge in [-0.1, -0.05) is 47.1 Å². The lowest BCUT2D eigenvalue weighted by molar-refractivity contribution is -0.113. The van der Waals surface area contributed by atoms with E-state index in [1.165, 1.54) is 17.8 Å². The maximum Gasteiger partial charge on any atom is 0.262 e. The van der Waals surface area contributed by atoms with Gasteiger partial charge >= 0.3 is 0 Å². The Morgan fingerprint density at radius 3 is 2.77 bits per heavy atom. The number of carbonyl (C=O) groups is 1. The topological polar surface area (TPSA) is 86.1 Å². The molecular formula is C21H22Cl2N4O3S. The summed E-state index contributed by atoms with van der Waals surface area (Å²) in [6, 6.07) is 8.70. The number of pyridine rings is 1. The van der Waals surface area contributed by atoms with Crippen molar-refractivity contribution in [2.45, 2.75) is 32.0 Å². The second-order valence-corrected chi connectivity index (χ2v) is 8.40. The molecule has 0 aliphatic heterocycles. The first kappa shape index (κ1) is 23.5. The second kappa shape index (κ2) is 10.9. The number of fused-ring (bicyclic) bond motifs is 1. The number of hydrogen-bond acceptors (Lipinski definition) is 6. The number of anilines is 1. The van der Waals surface area contributed by atoms with Crippen molar-refractivity contribution in [2.75, 3.05) is 24.3 Å². The molecule has 31 heavy (non-hydrogen) atoms. The van der Waals surface area contributed by atoms with Crippen LogP contribution in [0.25, 0.3) is 10.9 Å². The normalized spacial score (nSPS) is 11.1. The molecule has 3 aromatic rings. The number of aryl methyl sites for hydroxylation is 1. The Labute approximate surface area is 194 Å². The van der Waals surface area contributed by atoms with Crippen molar-refractivity contribution in [2.24, 2.45) is 0 Å². The summed E-state index contributed by atoms with van der Waals surface area (Å²) in [5.74, 6) is -0.0326. The smallest absolute Gasteiger partial charge is 0.262 e. The molecule has 10 heteroatoms. The summed E-state index contributed by atoms with van der Waals surface area (Å²) in [5, 5.41) is 4.38. The number of nitrogens with zero attached hydrogens (tertiary/aromatic N) is 3. The highest BCUT2D eigenvalue weighted by Crippen LogP contribution is 2.26. The zero-order valence-electron chi connectivity index (χ0n) is 17.2. The first-order valence-corrected chi connectivity index (χ1v) is 11.5. The van der Waals surface area contributed by atoms with Crippen LogP contribution < -0.4 is 10.9 Å². The van der Waals surface area contributed by atoms with Crippen LogP contribution in [-0.2, 0) is 16.1 Å². The summed E-state index contributed by atoms with van der Waals surface area (Å²) in [6.45, 7) is 5.26. The predicted octanol–water partition coefficient (Wildman–Crippen LogP) is 4.56. The third kappa shape index (κ3) is 5.98. The highest BCUT2D eigenvalue weighted by Gasteiger charge is 2.15. The van der Waals surface area contributed by atoms with E-state index in [-0.39, 0.29) is 28.1 Å². The lowest BCUT2D eigenvalue weighted by Gasteiger charge is -2.13. The van der Waals surface area contributed by atoms with Gasteiger partial charge in [-0.25, -0.2) is 9.97 Å². The number of rotatable bonds is 9. The number of benzene rings is 1. The van der Waals surface area contributed by atoms with Gasteiger partial charge in [0.25, 0.3) is 5.56 Å². The number of aromatic nitrogens is 3. The maximum absolute atomic E-state index is 13.0. The molecule has 0 fully saturated rings. The average Bonchev–Trinajstić information content (AvgIpc) is 2.75. The summed E-state index contributed by atoms with van der Waals surface area (Å²) in [6.07, 6.45) is 0.664. The molecule has 2 heterocycles. The van der Waals surface area contributed by atoms with Crippen LogP contribution >= 0.6 is 35.0 Å². The molecule has 0 bridgehead atoms. The van der Waals surface area contributed by atoms with Crippen LogP contribution in [0.15, 0.2) is 40.3 Å². The number of para-hydroxylation sites is 1. The van der Waals surface area contributed by atoms with Crippen molar-refractivity contribution >= 4 is 57.6 Å². The Hall–Kier alpha value is -2.13. The van der Waals surface area contributed by atoms with Gasteiger partial charge in [0.1, 0.15) is 0 Å². The zero-order chi connectivity index (χ0) is 22.4. The van der Waals surface area contributed by atoms with Gasteiger partial charge in [-0.05, 0) is 38.5 Å². The van der Waals surface area contributed by atoms with E-state index in [1.807, 2.05) is 13.0 Å². The minimum absolute atomic E-state index is 0.0376. The molecule has 1 N–H and O–H groups in total. The second-order valence-electron chi connectivity index (χ2n) is 6.64. The van der Waals surface area contributed by atoms with Crippen molar-refractivity contribution < 1.29 is 9.53 Å². The largest absolute Gasteiger partial charge is 0.382 e. The fraction of sp³-hybridized carbons (Fsp3) is 0.333. The van der Waals surface area contributed by atoms with E-state index in [0.29, 0.717) is 53.0 Å². The molecule has 7 nitrogen and oxygen atoms in total. The zero-order valence-corrected chi connectivity index (χ0v) is 19.5. The molecule has 1 amide bonds. The van der Waals surface area contributed by atoms with Crippen LogP contribution in [0.1, 0.15) is 19.0 Å². The van der Waals surface area contributed by atoms with Gasteiger partial charge in [0.05, 0.1) is 32.4 Å². The van der Waals surface area contributed by atoms with E-state index in [9.17, 15) is 9.59 Å². The van der Waals surface area contributed by atoms with E-state index in [2.05, 4.69) is 15.3 Å². The fourth-order valence-corrected chi connectivity index (χ4v) is 4.10. The van der Waals surface area contributed by atoms with Crippen molar-refractivity contribution in [1.82, 2.24) is 14.5 Å². The van der Waals surface area contributed by atoms with Crippen molar-refractivity contribution in [3.63, 3.8) is 0 Å². The predicted molar refractivity (Wildman–Crippen MR) is 125 cm³/mol. The molecule has 0 saturated carbocycles. The van der Waals surface area contributed by atoms with Gasteiger partial charge < -0.3 is 10.1 Å². The van der Waals surface area contributed by atoms with Gasteiger partial charge in [0.2, 0.25) is 5.91 Å². The molecule has 0 saturated heterocycles. The van der Waals surface area contributed by atoms with Crippen LogP contribution in [0.2, 0.25) is 10.0 Å². The van der Waals surface area contributed by atoms with Crippen LogP contribution in [0.5, 0.6) is 0 Å². The van der Waals surface area contributed by atoms with Gasteiger partial charge in [-0.3, -0.25) is 14.2 Å². The van der Waals surface area contributed by atoms with Crippen LogP contribution in [-0.4, -0.2) is 39.4 Å².